The van der Waals surface area contributed by atoms with E-state index in [9.17, 15) is 9.59 Å². The molecule has 0 spiro atoms. The van der Waals surface area contributed by atoms with Gasteiger partial charge in [-0.05, 0) is 19.3 Å². The van der Waals surface area contributed by atoms with Gasteiger partial charge in [0.1, 0.15) is 6.10 Å². The molecule has 0 fully saturated rings. The van der Waals surface area contributed by atoms with Crippen LogP contribution in [0.4, 0.5) is 0 Å². The number of carbonyl (C=O) groups excluding carboxylic acids is 1. The lowest BCUT2D eigenvalue weighted by atomic mass is 10.0. The largest absolute Gasteiger partial charge is 0.481 e. The highest BCUT2D eigenvalue weighted by Gasteiger charge is 2.17. The molecule has 0 saturated heterocycles. The fourth-order valence-electron chi connectivity index (χ4n) is 3.37. The number of unbranched alkanes of at least 4 members (excludes halogenated alkanes) is 13. The van der Waals surface area contributed by atoms with Gasteiger partial charge in [-0.1, -0.05) is 97.3 Å². The summed E-state index contributed by atoms with van der Waals surface area (Å²) in [6, 6.07) is 0. The zero-order chi connectivity index (χ0) is 20.2. The summed E-state index contributed by atoms with van der Waals surface area (Å²) < 4.78 is 5.39. The molecule has 1 unspecified atom stereocenters. The molecule has 1 atom stereocenters. The minimum Gasteiger partial charge on any atom is -0.481 e. The number of hydrogen-bond donors (Lipinski definition) is 1. The fourth-order valence-corrected chi connectivity index (χ4v) is 3.37. The summed E-state index contributed by atoms with van der Waals surface area (Å²) in [5.41, 5.74) is 0. The lowest BCUT2D eigenvalue weighted by Crippen LogP contribution is -2.21. The Labute approximate surface area is 167 Å². The van der Waals surface area contributed by atoms with Crippen LogP contribution in [-0.2, 0) is 14.3 Å². The monoisotopic (exact) mass is 384 g/mol. The molecule has 0 aliphatic rings. The first-order chi connectivity index (χ1) is 13.1. The lowest BCUT2D eigenvalue weighted by Gasteiger charge is -2.16. The van der Waals surface area contributed by atoms with Crippen molar-refractivity contribution in [3.8, 4) is 0 Å². The van der Waals surface area contributed by atoms with Gasteiger partial charge in [0.25, 0.3) is 0 Å². The quantitative estimate of drug-likeness (QED) is 0.180. The Balaban J connectivity index is 3.58. The van der Waals surface area contributed by atoms with Crippen LogP contribution in [0.2, 0.25) is 0 Å². The number of carboxylic acids is 1. The Hall–Kier alpha value is -1.06. The normalized spacial score (nSPS) is 12.1. The molecule has 4 heteroatoms. The van der Waals surface area contributed by atoms with Crippen LogP contribution >= 0.6 is 0 Å². The molecule has 0 aliphatic carbocycles. The molecule has 0 aromatic carbocycles. The number of carbonyl (C=O) groups is 2. The van der Waals surface area contributed by atoms with Crippen LogP contribution in [0, 0.1) is 0 Å². The van der Waals surface area contributed by atoms with Crippen molar-refractivity contribution in [3.05, 3.63) is 0 Å². The molecule has 0 bridgehead atoms. The number of aliphatic carboxylic acids is 1. The lowest BCUT2D eigenvalue weighted by molar-refractivity contribution is -0.153. The fraction of sp³-hybridized carbons (Fsp3) is 0.913. The van der Waals surface area contributed by atoms with Crippen LogP contribution in [-0.4, -0.2) is 23.1 Å². The highest BCUT2D eigenvalue weighted by Crippen LogP contribution is 2.15. The summed E-state index contributed by atoms with van der Waals surface area (Å²) in [4.78, 5) is 22.8. The predicted octanol–water partition coefficient (Wildman–Crippen LogP) is 7.04. The van der Waals surface area contributed by atoms with Crippen LogP contribution < -0.4 is 0 Å². The maximum absolute atomic E-state index is 11.9. The maximum Gasteiger partial charge on any atom is 0.307 e. The van der Waals surface area contributed by atoms with Crippen molar-refractivity contribution < 1.29 is 19.4 Å². The third-order valence-corrected chi connectivity index (χ3v) is 5.06. The third kappa shape index (κ3) is 19.5. The Morgan fingerprint density at radius 1 is 0.704 bits per heavy atom. The summed E-state index contributed by atoms with van der Waals surface area (Å²) in [7, 11) is 0. The number of carboxylic acid groups (broad SMARTS) is 1. The molecule has 1 N–H and O–H groups in total. The predicted molar refractivity (Wildman–Crippen MR) is 112 cm³/mol. The van der Waals surface area contributed by atoms with E-state index in [1.54, 1.807) is 0 Å². The van der Waals surface area contributed by atoms with Crippen LogP contribution in [0.15, 0.2) is 0 Å². The first kappa shape index (κ1) is 25.9. The number of esters is 1. The smallest absolute Gasteiger partial charge is 0.307 e. The SMILES string of the molecule is CCCCCCCCCCCCCCC(=O)OC(CCCCC)CC(=O)O. The molecule has 0 radical (unpaired) electrons. The Bertz CT molecular complexity index is 354. The van der Waals surface area contributed by atoms with Crippen LogP contribution in [0.3, 0.4) is 0 Å². The summed E-state index contributed by atoms with van der Waals surface area (Å²) in [6.07, 6.45) is 18.8. The molecule has 27 heavy (non-hydrogen) atoms. The van der Waals surface area contributed by atoms with Gasteiger partial charge < -0.3 is 9.84 Å². The molecule has 0 saturated carbocycles. The van der Waals surface area contributed by atoms with E-state index in [1.165, 1.54) is 64.2 Å². The van der Waals surface area contributed by atoms with Crippen LogP contribution in [0.1, 0.15) is 129 Å². The Kier molecular flexibility index (Phi) is 18.9. The van der Waals surface area contributed by atoms with E-state index in [1.807, 2.05) is 0 Å². The Morgan fingerprint density at radius 2 is 1.15 bits per heavy atom. The van der Waals surface area contributed by atoms with E-state index in [0.29, 0.717) is 12.8 Å². The van der Waals surface area contributed by atoms with Crippen molar-refractivity contribution in [1.29, 1.82) is 0 Å². The molecular formula is C23H44O4. The van der Waals surface area contributed by atoms with Crippen LogP contribution in [0.25, 0.3) is 0 Å². The molecule has 0 heterocycles. The van der Waals surface area contributed by atoms with Gasteiger partial charge in [-0.25, -0.2) is 0 Å². The molecule has 0 aromatic heterocycles. The van der Waals surface area contributed by atoms with Gasteiger partial charge >= 0.3 is 11.9 Å². The number of hydrogen-bond acceptors (Lipinski definition) is 3. The van der Waals surface area contributed by atoms with Gasteiger partial charge in [-0.3, -0.25) is 9.59 Å². The highest BCUT2D eigenvalue weighted by molar-refractivity contribution is 5.71. The first-order valence-corrected chi connectivity index (χ1v) is 11.5. The minimum absolute atomic E-state index is 0.0755. The highest BCUT2D eigenvalue weighted by atomic mass is 16.5. The third-order valence-electron chi connectivity index (χ3n) is 5.06. The minimum atomic E-state index is -0.894. The first-order valence-electron chi connectivity index (χ1n) is 11.5. The average Bonchev–Trinajstić information content (AvgIpc) is 2.62. The second kappa shape index (κ2) is 19.7. The molecule has 0 aliphatic heterocycles. The van der Waals surface area contributed by atoms with Gasteiger partial charge in [0, 0.05) is 6.42 Å². The van der Waals surface area contributed by atoms with Gasteiger partial charge in [0.2, 0.25) is 0 Å². The van der Waals surface area contributed by atoms with E-state index in [2.05, 4.69) is 13.8 Å². The van der Waals surface area contributed by atoms with Crippen LogP contribution in [0.5, 0.6) is 0 Å². The van der Waals surface area contributed by atoms with E-state index in [4.69, 9.17) is 9.84 Å². The number of rotatable bonds is 20. The van der Waals surface area contributed by atoms with Crippen molar-refractivity contribution in [2.75, 3.05) is 0 Å². The average molecular weight is 385 g/mol. The zero-order valence-electron chi connectivity index (χ0n) is 18.0. The van der Waals surface area contributed by atoms with Gasteiger partial charge in [0.05, 0.1) is 6.42 Å². The van der Waals surface area contributed by atoms with E-state index in [-0.39, 0.29) is 12.4 Å². The maximum atomic E-state index is 11.9. The number of ether oxygens (including phenoxy) is 1. The second-order valence-electron chi connectivity index (χ2n) is 7.84. The Morgan fingerprint density at radius 3 is 1.63 bits per heavy atom. The van der Waals surface area contributed by atoms with Crippen molar-refractivity contribution in [3.63, 3.8) is 0 Å². The summed E-state index contributed by atoms with van der Waals surface area (Å²) in [6.45, 7) is 4.35. The topological polar surface area (TPSA) is 63.6 Å². The molecular weight excluding hydrogens is 340 g/mol. The van der Waals surface area contributed by atoms with Crippen molar-refractivity contribution >= 4 is 11.9 Å². The summed E-state index contributed by atoms with van der Waals surface area (Å²) >= 11 is 0. The van der Waals surface area contributed by atoms with Crippen molar-refractivity contribution in [2.24, 2.45) is 0 Å². The van der Waals surface area contributed by atoms with E-state index >= 15 is 0 Å². The molecule has 0 rings (SSSR count). The molecule has 4 nitrogen and oxygen atoms in total. The molecule has 0 amide bonds. The molecule has 0 aromatic rings. The van der Waals surface area contributed by atoms with E-state index in [0.717, 1.165) is 32.1 Å². The van der Waals surface area contributed by atoms with Crippen molar-refractivity contribution in [2.45, 2.75) is 136 Å². The zero-order valence-corrected chi connectivity index (χ0v) is 18.0. The van der Waals surface area contributed by atoms with Gasteiger partial charge in [-0.15, -0.1) is 0 Å². The second-order valence-corrected chi connectivity index (χ2v) is 7.84. The van der Waals surface area contributed by atoms with E-state index < -0.39 is 12.1 Å². The van der Waals surface area contributed by atoms with Gasteiger partial charge in [-0.2, -0.15) is 0 Å². The summed E-state index contributed by atoms with van der Waals surface area (Å²) in [5, 5.41) is 8.95. The summed E-state index contributed by atoms with van der Waals surface area (Å²) in [5.74, 6) is -1.13. The molecule has 160 valence electrons. The van der Waals surface area contributed by atoms with Gasteiger partial charge in [0.15, 0.2) is 0 Å². The van der Waals surface area contributed by atoms with Crippen molar-refractivity contribution in [1.82, 2.24) is 0 Å². The standard InChI is InChI=1S/C23H44O4/c1-3-5-7-8-9-10-11-12-13-14-15-17-19-23(26)27-21(20-22(24)25)18-16-6-4-2/h21H,3-20H2,1-2H3,(H,24,25).